The van der Waals surface area contributed by atoms with Crippen LogP contribution < -0.4 is 0 Å². The quantitative estimate of drug-likeness (QED) is 0.615. The number of H-pyrrole nitrogens is 1. The van der Waals surface area contributed by atoms with Crippen molar-refractivity contribution in [2.24, 2.45) is 5.92 Å². The zero-order chi connectivity index (χ0) is 20.9. The fourth-order valence-electron chi connectivity index (χ4n) is 4.51. The molecule has 0 spiro atoms. The van der Waals surface area contributed by atoms with Crippen LogP contribution in [0.1, 0.15) is 35.8 Å². The Morgan fingerprint density at radius 3 is 2.80 bits per heavy atom. The number of fused-ring (bicyclic) bond motifs is 1. The largest absolute Gasteiger partial charge is 0.351 e. The molecule has 0 bridgehead atoms. The van der Waals surface area contributed by atoms with E-state index in [1.54, 1.807) is 6.07 Å². The zero-order valence-corrected chi connectivity index (χ0v) is 17.6. The van der Waals surface area contributed by atoms with Crippen LogP contribution in [0.3, 0.4) is 0 Å². The average molecular weight is 408 g/mol. The van der Waals surface area contributed by atoms with Crippen molar-refractivity contribution in [2.45, 2.75) is 26.2 Å². The van der Waals surface area contributed by atoms with Crippen LogP contribution in [0.5, 0.6) is 0 Å². The van der Waals surface area contributed by atoms with Gasteiger partial charge in [0.2, 0.25) is 0 Å². The third-order valence-corrected chi connectivity index (χ3v) is 6.17. The van der Waals surface area contributed by atoms with E-state index in [4.69, 9.17) is 0 Å². The van der Waals surface area contributed by atoms with Gasteiger partial charge in [0, 0.05) is 37.1 Å². The Labute approximate surface area is 177 Å². The van der Waals surface area contributed by atoms with Gasteiger partial charge in [-0.3, -0.25) is 4.79 Å². The number of piperidine rings is 1. The number of aromatic nitrogens is 1. The molecule has 2 aromatic carbocycles. The summed E-state index contributed by atoms with van der Waals surface area (Å²) >= 11 is 0. The van der Waals surface area contributed by atoms with Crippen LogP contribution in [0.4, 0.5) is 4.39 Å². The second kappa shape index (κ2) is 9.43. The molecule has 5 heteroatoms. The van der Waals surface area contributed by atoms with Gasteiger partial charge in [0.1, 0.15) is 11.5 Å². The number of hydrogen-bond acceptors (Lipinski definition) is 2. The van der Waals surface area contributed by atoms with E-state index in [-0.39, 0.29) is 11.7 Å². The van der Waals surface area contributed by atoms with E-state index in [2.05, 4.69) is 9.88 Å². The molecule has 1 aromatic heterocycles. The molecule has 1 saturated heterocycles. The molecule has 2 heterocycles. The topological polar surface area (TPSA) is 39.3 Å². The number of carbonyl (C=O) groups is 1. The minimum atomic E-state index is -0.118. The average Bonchev–Trinajstić information content (AvgIpc) is 3.21. The number of likely N-dealkylation sites (tertiary alicyclic amines) is 1. The van der Waals surface area contributed by atoms with Crippen molar-refractivity contribution in [3.63, 3.8) is 0 Å². The second-order valence-electron chi connectivity index (χ2n) is 8.26. The highest BCUT2D eigenvalue weighted by Crippen LogP contribution is 2.21. The lowest BCUT2D eigenvalue weighted by molar-refractivity contribution is 0.0685. The molecule has 1 atom stereocenters. The van der Waals surface area contributed by atoms with E-state index in [1.165, 1.54) is 6.07 Å². The molecule has 1 aliphatic rings. The Hall–Kier alpha value is -2.66. The van der Waals surface area contributed by atoms with Crippen molar-refractivity contribution >= 4 is 16.8 Å². The first-order valence-electron chi connectivity index (χ1n) is 11.0. The van der Waals surface area contributed by atoms with Gasteiger partial charge in [-0.1, -0.05) is 36.4 Å². The molecule has 1 aliphatic heterocycles. The molecule has 1 N–H and O–H groups in total. The fourth-order valence-corrected chi connectivity index (χ4v) is 4.51. The summed E-state index contributed by atoms with van der Waals surface area (Å²) in [5, 5.41) is 1.06. The molecule has 3 aromatic rings. The molecule has 4 rings (SSSR count). The van der Waals surface area contributed by atoms with Gasteiger partial charge in [-0.2, -0.15) is 0 Å². The second-order valence-corrected chi connectivity index (χ2v) is 8.26. The first kappa shape index (κ1) is 20.6. The van der Waals surface area contributed by atoms with Gasteiger partial charge in [0.05, 0.1) is 0 Å². The van der Waals surface area contributed by atoms with Gasteiger partial charge < -0.3 is 14.8 Å². The third kappa shape index (κ3) is 4.73. The van der Waals surface area contributed by atoms with Gasteiger partial charge in [0.25, 0.3) is 5.91 Å². The molecule has 30 heavy (non-hydrogen) atoms. The van der Waals surface area contributed by atoms with Crippen LogP contribution >= 0.6 is 0 Å². The Balaban J connectivity index is 1.35. The van der Waals surface area contributed by atoms with Crippen molar-refractivity contribution in [3.05, 3.63) is 71.7 Å². The predicted octanol–water partition coefficient (Wildman–Crippen LogP) is 4.72. The number of nitrogens with one attached hydrogen (secondary N) is 1. The molecule has 1 unspecified atom stereocenters. The van der Waals surface area contributed by atoms with E-state index in [0.29, 0.717) is 18.2 Å². The zero-order valence-electron chi connectivity index (χ0n) is 17.6. The normalized spacial score (nSPS) is 17.3. The Kier molecular flexibility index (Phi) is 6.48. The minimum absolute atomic E-state index is 0.0668. The molecular weight excluding hydrogens is 377 g/mol. The van der Waals surface area contributed by atoms with Gasteiger partial charge in [-0.25, -0.2) is 4.39 Å². The summed E-state index contributed by atoms with van der Waals surface area (Å²) < 4.78 is 13.9. The van der Waals surface area contributed by atoms with Gasteiger partial charge in [-0.05, 0) is 62.4 Å². The van der Waals surface area contributed by atoms with Crippen LogP contribution in [-0.4, -0.2) is 53.4 Å². The molecule has 158 valence electrons. The van der Waals surface area contributed by atoms with E-state index in [0.717, 1.165) is 61.9 Å². The van der Waals surface area contributed by atoms with Crippen LogP contribution in [0, 0.1) is 11.7 Å². The van der Waals surface area contributed by atoms with Gasteiger partial charge in [-0.15, -0.1) is 0 Å². The number of rotatable bonds is 7. The van der Waals surface area contributed by atoms with E-state index < -0.39 is 0 Å². The number of benzene rings is 2. The molecule has 1 amide bonds. The fraction of sp³-hybridized carbons (Fsp3) is 0.400. The van der Waals surface area contributed by atoms with E-state index >= 15 is 0 Å². The number of carbonyl (C=O) groups excluding carboxylic acids is 1. The number of amides is 1. The summed E-state index contributed by atoms with van der Waals surface area (Å²) in [6.45, 7) is 6.37. The lowest BCUT2D eigenvalue weighted by atomic mass is 9.96. The van der Waals surface area contributed by atoms with Gasteiger partial charge in [0.15, 0.2) is 0 Å². The lowest BCUT2D eigenvalue weighted by Gasteiger charge is -2.35. The third-order valence-electron chi connectivity index (χ3n) is 6.17. The SMILES string of the molecule is CCN(CC1CCCN(CCc2ccccc2F)C1)C(=O)c1cc2ccccc2[nH]1. The van der Waals surface area contributed by atoms with Crippen LogP contribution in [0.2, 0.25) is 0 Å². The van der Waals surface area contributed by atoms with Crippen molar-refractivity contribution in [1.82, 2.24) is 14.8 Å². The summed E-state index contributed by atoms with van der Waals surface area (Å²) in [6.07, 6.45) is 2.98. The Morgan fingerprint density at radius 2 is 2.00 bits per heavy atom. The molecule has 4 nitrogen and oxygen atoms in total. The molecular formula is C25H30FN3O. The number of para-hydroxylation sites is 1. The highest BCUT2D eigenvalue weighted by atomic mass is 19.1. The van der Waals surface area contributed by atoms with Crippen LogP contribution in [0.25, 0.3) is 10.9 Å². The number of halogens is 1. The maximum absolute atomic E-state index is 13.9. The van der Waals surface area contributed by atoms with Crippen molar-refractivity contribution in [2.75, 3.05) is 32.7 Å². The first-order valence-corrected chi connectivity index (χ1v) is 11.0. The standard InChI is InChI=1S/C25H30FN3O/c1-2-29(25(30)24-16-21-10-4-6-12-23(21)27-24)18-19-8-7-14-28(17-19)15-13-20-9-3-5-11-22(20)26/h3-6,9-12,16,19,27H,2,7-8,13-15,17-18H2,1H3. The molecule has 0 saturated carbocycles. The Morgan fingerprint density at radius 1 is 1.20 bits per heavy atom. The van der Waals surface area contributed by atoms with Crippen molar-refractivity contribution < 1.29 is 9.18 Å². The lowest BCUT2D eigenvalue weighted by Crippen LogP contribution is -2.43. The number of aromatic amines is 1. The number of hydrogen-bond donors (Lipinski definition) is 1. The summed E-state index contributed by atoms with van der Waals surface area (Å²) in [5.41, 5.74) is 2.43. The maximum Gasteiger partial charge on any atom is 0.270 e. The van der Waals surface area contributed by atoms with E-state index in [1.807, 2.05) is 54.3 Å². The van der Waals surface area contributed by atoms with Gasteiger partial charge >= 0.3 is 0 Å². The molecule has 0 aliphatic carbocycles. The summed E-state index contributed by atoms with van der Waals surface area (Å²) in [4.78, 5) is 20.7. The summed E-state index contributed by atoms with van der Waals surface area (Å²) in [6, 6.07) is 17.0. The van der Waals surface area contributed by atoms with Crippen molar-refractivity contribution in [1.29, 1.82) is 0 Å². The minimum Gasteiger partial charge on any atom is -0.351 e. The number of nitrogens with zero attached hydrogens (tertiary/aromatic N) is 2. The monoisotopic (exact) mass is 407 g/mol. The van der Waals surface area contributed by atoms with Crippen molar-refractivity contribution in [3.8, 4) is 0 Å². The highest BCUT2D eigenvalue weighted by molar-refractivity contribution is 5.98. The molecule has 0 radical (unpaired) electrons. The smallest absolute Gasteiger partial charge is 0.270 e. The van der Waals surface area contributed by atoms with E-state index in [9.17, 15) is 9.18 Å². The first-order chi connectivity index (χ1) is 14.6. The van der Waals surface area contributed by atoms with Crippen LogP contribution in [-0.2, 0) is 6.42 Å². The van der Waals surface area contributed by atoms with Crippen LogP contribution in [0.15, 0.2) is 54.6 Å². The highest BCUT2D eigenvalue weighted by Gasteiger charge is 2.25. The summed E-state index contributed by atoms with van der Waals surface area (Å²) in [7, 11) is 0. The molecule has 1 fully saturated rings. The maximum atomic E-state index is 13.9. The Bertz CT molecular complexity index is 966. The predicted molar refractivity (Wildman–Crippen MR) is 119 cm³/mol. The summed E-state index contributed by atoms with van der Waals surface area (Å²) in [5.74, 6) is 0.400.